The summed E-state index contributed by atoms with van der Waals surface area (Å²) in [4.78, 5) is 13.0. The van der Waals surface area contributed by atoms with Crippen LogP contribution in [0.2, 0.25) is 0 Å². The van der Waals surface area contributed by atoms with Gasteiger partial charge in [-0.1, -0.05) is 23.6 Å². The van der Waals surface area contributed by atoms with Crippen LogP contribution in [0.1, 0.15) is 23.1 Å². The van der Waals surface area contributed by atoms with Gasteiger partial charge in [-0.05, 0) is 19.1 Å². The van der Waals surface area contributed by atoms with Crippen LogP contribution in [0.4, 0.5) is 0 Å². The van der Waals surface area contributed by atoms with Crippen molar-refractivity contribution in [3.05, 3.63) is 21.9 Å². The molecule has 0 radical (unpaired) electrons. The van der Waals surface area contributed by atoms with Crippen LogP contribution in [0.25, 0.3) is 0 Å². The Kier molecular flexibility index (Phi) is 4.78. The lowest BCUT2D eigenvalue weighted by molar-refractivity contribution is -0.109. The van der Waals surface area contributed by atoms with Crippen molar-refractivity contribution in [1.82, 2.24) is 0 Å². The first-order valence-corrected chi connectivity index (χ1v) is 6.17. The van der Waals surface area contributed by atoms with Crippen LogP contribution >= 0.6 is 23.1 Å². The second-order valence-corrected chi connectivity index (χ2v) is 5.36. The first kappa shape index (κ1) is 11.4. The molecule has 3 heteroatoms. The second kappa shape index (κ2) is 5.90. The summed E-state index contributed by atoms with van der Waals surface area (Å²) in [5, 5.41) is 0.166. The zero-order chi connectivity index (χ0) is 10.4. The van der Waals surface area contributed by atoms with Gasteiger partial charge in [0.15, 0.2) is 5.12 Å². The fourth-order valence-electron chi connectivity index (χ4n) is 0.897. The van der Waals surface area contributed by atoms with Crippen molar-refractivity contribution in [1.29, 1.82) is 0 Å². The van der Waals surface area contributed by atoms with E-state index in [1.165, 1.54) is 16.6 Å². The summed E-state index contributed by atoms with van der Waals surface area (Å²) in [5.74, 6) is 6.94. The summed E-state index contributed by atoms with van der Waals surface area (Å²) >= 11 is 3.04. The third-order valence-electron chi connectivity index (χ3n) is 1.48. The first-order valence-electron chi connectivity index (χ1n) is 4.37. The molecule has 0 spiro atoms. The number of carbonyl (C=O) groups excluding carboxylic acids is 1. The number of hydrogen-bond donors (Lipinski definition) is 0. The standard InChI is InChI=1S/C11H12OS2/c1-9-6-7-11(14-9)5-3-4-8-13-10(2)12/h6-7H,4,8H2,1-2H3. The Morgan fingerprint density at radius 3 is 2.93 bits per heavy atom. The lowest BCUT2D eigenvalue weighted by atomic mass is 10.4. The van der Waals surface area contributed by atoms with E-state index in [2.05, 4.69) is 24.8 Å². The molecule has 0 N–H and O–H groups in total. The fraction of sp³-hybridized carbons (Fsp3) is 0.364. The van der Waals surface area contributed by atoms with Gasteiger partial charge in [-0.3, -0.25) is 4.79 Å². The minimum atomic E-state index is 0.166. The predicted molar refractivity (Wildman–Crippen MR) is 63.7 cm³/mol. The average Bonchev–Trinajstić information content (AvgIpc) is 2.50. The highest BCUT2D eigenvalue weighted by atomic mass is 32.2. The third kappa shape index (κ3) is 4.50. The maximum absolute atomic E-state index is 10.6. The maximum atomic E-state index is 10.6. The first-order chi connectivity index (χ1) is 6.68. The molecule has 0 aromatic carbocycles. The van der Waals surface area contributed by atoms with Crippen LogP contribution in [0.5, 0.6) is 0 Å². The number of rotatable bonds is 2. The molecule has 14 heavy (non-hydrogen) atoms. The van der Waals surface area contributed by atoms with Crippen LogP contribution in [0.3, 0.4) is 0 Å². The van der Waals surface area contributed by atoms with Crippen molar-refractivity contribution in [3.8, 4) is 11.8 Å². The summed E-state index contributed by atoms with van der Waals surface area (Å²) in [6.07, 6.45) is 0.779. The Bertz CT molecular complexity index is 368. The highest BCUT2D eigenvalue weighted by molar-refractivity contribution is 8.13. The normalized spacial score (nSPS) is 9.29. The number of thiophene rings is 1. The lowest BCUT2D eigenvalue weighted by Crippen LogP contribution is -1.83. The fourth-order valence-corrected chi connectivity index (χ4v) is 2.13. The van der Waals surface area contributed by atoms with Crippen LogP contribution in [-0.4, -0.2) is 10.9 Å². The van der Waals surface area contributed by atoms with E-state index in [1.54, 1.807) is 18.3 Å². The van der Waals surface area contributed by atoms with E-state index >= 15 is 0 Å². The topological polar surface area (TPSA) is 17.1 Å². The highest BCUT2D eigenvalue weighted by Gasteiger charge is 1.92. The molecule has 1 aromatic rings. The van der Waals surface area contributed by atoms with Gasteiger partial charge in [0.25, 0.3) is 0 Å². The van der Waals surface area contributed by atoms with Gasteiger partial charge >= 0.3 is 0 Å². The molecule has 0 aliphatic rings. The van der Waals surface area contributed by atoms with Crippen molar-refractivity contribution in [2.45, 2.75) is 20.3 Å². The molecule has 1 rings (SSSR count). The second-order valence-electron chi connectivity index (χ2n) is 2.80. The zero-order valence-corrected chi connectivity index (χ0v) is 9.93. The molecule has 0 atom stereocenters. The van der Waals surface area contributed by atoms with Crippen LogP contribution in [0.15, 0.2) is 12.1 Å². The average molecular weight is 224 g/mol. The summed E-state index contributed by atoms with van der Waals surface area (Å²) in [5.41, 5.74) is 0. The molecule has 0 aliphatic heterocycles. The Hall–Kier alpha value is -0.720. The summed E-state index contributed by atoms with van der Waals surface area (Å²) < 4.78 is 0. The largest absolute Gasteiger partial charge is 0.288 e. The van der Waals surface area contributed by atoms with Gasteiger partial charge in [0.1, 0.15) is 0 Å². The van der Waals surface area contributed by atoms with Gasteiger partial charge < -0.3 is 0 Å². The van der Waals surface area contributed by atoms with E-state index in [-0.39, 0.29) is 5.12 Å². The van der Waals surface area contributed by atoms with E-state index in [0.29, 0.717) is 0 Å². The maximum Gasteiger partial charge on any atom is 0.185 e. The van der Waals surface area contributed by atoms with Gasteiger partial charge in [-0.2, -0.15) is 0 Å². The molecule has 0 unspecified atom stereocenters. The molecule has 1 heterocycles. The molecule has 0 aliphatic carbocycles. The molecule has 0 saturated heterocycles. The zero-order valence-electron chi connectivity index (χ0n) is 8.29. The Balaban J connectivity index is 2.30. The molecule has 1 nitrogen and oxygen atoms in total. The molecule has 0 fully saturated rings. The smallest absolute Gasteiger partial charge is 0.185 e. The SMILES string of the molecule is CC(=O)SCCC#Cc1ccc(C)s1. The van der Waals surface area contributed by atoms with E-state index in [4.69, 9.17) is 0 Å². The quantitative estimate of drug-likeness (QED) is 0.567. The van der Waals surface area contributed by atoms with Gasteiger partial charge in [0.2, 0.25) is 0 Å². The van der Waals surface area contributed by atoms with Crippen molar-refractivity contribution >= 4 is 28.2 Å². The van der Waals surface area contributed by atoms with Crippen molar-refractivity contribution < 1.29 is 4.79 Å². The number of thioether (sulfide) groups is 1. The molecule has 74 valence electrons. The predicted octanol–water partition coefficient (Wildman–Crippen LogP) is 3.08. The van der Waals surface area contributed by atoms with Gasteiger partial charge in [-0.15, -0.1) is 11.3 Å². The van der Waals surface area contributed by atoms with Crippen LogP contribution in [0, 0.1) is 18.8 Å². The Labute approximate surface area is 92.9 Å². The summed E-state index contributed by atoms with van der Waals surface area (Å²) in [7, 11) is 0. The van der Waals surface area contributed by atoms with Crippen LogP contribution in [-0.2, 0) is 4.79 Å². The van der Waals surface area contributed by atoms with Crippen molar-refractivity contribution in [3.63, 3.8) is 0 Å². The minimum absolute atomic E-state index is 0.166. The van der Waals surface area contributed by atoms with E-state index < -0.39 is 0 Å². The van der Waals surface area contributed by atoms with Crippen molar-refractivity contribution in [2.75, 3.05) is 5.75 Å². The molecular formula is C11H12OS2. The van der Waals surface area contributed by atoms with E-state index in [0.717, 1.165) is 17.1 Å². The molecule has 0 saturated carbocycles. The van der Waals surface area contributed by atoms with Gasteiger partial charge in [0.05, 0.1) is 4.88 Å². The Morgan fingerprint density at radius 1 is 1.57 bits per heavy atom. The van der Waals surface area contributed by atoms with E-state index in [9.17, 15) is 4.79 Å². The van der Waals surface area contributed by atoms with Crippen molar-refractivity contribution in [2.24, 2.45) is 0 Å². The number of hydrogen-bond acceptors (Lipinski definition) is 3. The van der Waals surface area contributed by atoms with Gasteiger partial charge in [0, 0.05) is 24.0 Å². The monoisotopic (exact) mass is 224 g/mol. The van der Waals surface area contributed by atoms with E-state index in [1.807, 2.05) is 6.07 Å². The number of aryl methyl sites for hydroxylation is 1. The summed E-state index contributed by atoms with van der Waals surface area (Å²) in [6, 6.07) is 4.10. The summed E-state index contributed by atoms with van der Waals surface area (Å²) in [6.45, 7) is 3.65. The molecule has 0 amide bonds. The molecular weight excluding hydrogens is 212 g/mol. The van der Waals surface area contributed by atoms with Gasteiger partial charge in [-0.25, -0.2) is 0 Å². The highest BCUT2D eigenvalue weighted by Crippen LogP contribution is 2.13. The molecule has 1 aromatic heterocycles. The molecule has 0 bridgehead atoms. The lowest BCUT2D eigenvalue weighted by Gasteiger charge is -1.87. The number of carbonyl (C=O) groups is 1. The van der Waals surface area contributed by atoms with Crippen LogP contribution < -0.4 is 0 Å². The Morgan fingerprint density at radius 2 is 2.36 bits per heavy atom. The third-order valence-corrected chi connectivity index (χ3v) is 3.22. The minimum Gasteiger partial charge on any atom is -0.288 e.